The van der Waals surface area contributed by atoms with Crippen molar-refractivity contribution in [3.8, 4) is 11.8 Å². The summed E-state index contributed by atoms with van der Waals surface area (Å²) < 4.78 is 33.2. The van der Waals surface area contributed by atoms with Crippen molar-refractivity contribution in [1.82, 2.24) is 0 Å². The number of esters is 1. The molecule has 0 heterocycles. The van der Waals surface area contributed by atoms with E-state index in [0.717, 1.165) is 30.9 Å². The van der Waals surface area contributed by atoms with Gasteiger partial charge in [0.25, 0.3) is 0 Å². The Balaban J connectivity index is 1.86. The maximum Gasteiger partial charge on any atom is 0.343 e. The van der Waals surface area contributed by atoms with Crippen molar-refractivity contribution in [2.24, 2.45) is 0 Å². The minimum Gasteiger partial charge on any atom is -0.423 e. The Labute approximate surface area is 155 Å². The van der Waals surface area contributed by atoms with Crippen LogP contribution >= 0.6 is 0 Å². The fourth-order valence-corrected chi connectivity index (χ4v) is 2.84. The maximum absolute atomic E-state index is 14.4. The summed E-state index contributed by atoms with van der Waals surface area (Å²) >= 11 is 0. The van der Waals surface area contributed by atoms with Crippen molar-refractivity contribution in [2.45, 2.75) is 26.2 Å². The first-order valence-electron chi connectivity index (χ1n) is 8.66. The van der Waals surface area contributed by atoms with Gasteiger partial charge in [0.1, 0.15) is 23.5 Å². The van der Waals surface area contributed by atoms with Crippen LogP contribution in [0, 0.1) is 23.0 Å². The molecule has 3 rings (SSSR count). The first kappa shape index (κ1) is 18.5. The molecule has 3 aromatic rings. The number of carbonyl (C=O) groups excluding carboxylic acids is 1. The standard InChI is InChI=1S/C22H17F2NO2/c1-2-3-4-14-9-15-5-6-16(11-19(15)21(24)10-14)22(26)27-18-8-7-17(13-25)20(23)12-18/h5-12H,2-4H2,1H3. The number of nitrogens with zero attached hydrogens (tertiary/aromatic N) is 1. The molecule has 0 saturated carbocycles. The van der Waals surface area contributed by atoms with Gasteiger partial charge in [-0.05, 0) is 54.1 Å². The topological polar surface area (TPSA) is 50.1 Å². The summed E-state index contributed by atoms with van der Waals surface area (Å²) in [5, 5.41) is 9.77. The van der Waals surface area contributed by atoms with Gasteiger partial charge in [0.2, 0.25) is 0 Å². The SMILES string of the molecule is CCCCc1cc(F)c2cc(C(=O)Oc3ccc(C#N)c(F)c3)ccc2c1. The number of carbonyl (C=O) groups is 1. The molecule has 3 nitrogen and oxygen atoms in total. The van der Waals surface area contributed by atoms with Crippen LogP contribution < -0.4 is 4.74 Å². The predicted octanol–water partition coefficient (Wildman–Crippen LogP) is 5.55. The lowest BCUT2D eigenvalue weighted by Crippen LogP contribution is -2.09. The summed E-state index contributed by atoms with van der Waals surface area (Å²) in [4.78, 5) is 12.3. The van der Waals surface area contributed by atoms with Gasteiger partial charge in [-0.1, -0.05) is 25.5 Å². The molecule has 0 radical (unpaired) electrons. The lowest BCUT2D eigenvalue weighted by molar-refractivity contribution is 0.0734. The number of nitriles is 1. The Hall–Kier alpha value is -3.26. The second-order valence-corrected chi connectivity index (χ2v) is 6.26. The zero-order valence-corrected chi connectivity index (χ0v) is 14.8. The number of hydrogen-bond acceptors (Lipinski definition) is 3. The Bertz CT molecular complexity index is 1050. The smallest absolute Gasteiger partial charge is 0.343 e. The molecule has 0 fully saturated rings. The average Bonchev–Trinajstić information content (AvgIpc) is 2.66. The molecule has 136 valence electrons. The number of benzene rings is 3. The summed E-state index contributed by atoms with van der Waals surface area (Å²) in [5.74, 6) is -1.91. The Kier molecular flexibility index (Phi) is 5.46. The van der Waals surface area contributed by atoms with Crippen molar-refractivity contribution < 1.29 is 18.3 Å². The van der Waals surface area contributed by atoms with Crippen molar-refractivity contribution >= 4 is 16.7 Å². The van der Waals surface area contributed by atoms with Crippen LogP contribution in [0.15, 0.2) is 48.5 Å². The van der Waals surface area contributed by atoms with Crippen molar-refractivity contribution in [1.29, 1.82) is 5.26 Å². The molecular weight excluding hydrogens is 348 g/mol. The first-order chi connectivity index (χ1) is 13.0. The molecule has 5 heteroatoms. The lowest BCUT2D eigenvalue weighted by Gasteiger charge is -2.08. The Morgan fingerprint density at radius 1 is 1.07 bits per heavy atom. The summed E-state index contributed by atoms with van der Waals surface area (Å²) in [7, 11) is 0. The summed E-state index contributed by atoms with van der Waals surface area (Å²) in [6, 6.07) is 13.3. The van der Waals surface area contributed by atoms with Crippen LogP contribution in [0.2, 0.25) is 0 Å². The van der Waals surface area contributed by atoms with Crippen LogP contribution in [0.25, 0.3) is 10.8 Å². The van der Waals surface area contributed by atoms with Crippen LogP contribution in [0.1, 0.15) is 41.3 Å². The molecule has 0 N–H and O–H groups in total. The Morgan fingerprint density at radius 3 is 2.59 bits per heavy atom. The molecule has 0 aliphatic carbocycles. The first-order valence-corrected chi connectivity index (χ1v) is 8.66. The second-order valence-electron chi connectivity index (χ2n) is 6.26. The molecule has 0 unspecified atom stereocenters. The molecule has 0 aromatic heterocycles. The van der Waals surface area contributed by atoms with E-state index >= 15 is 0 Å². The fraction of sp³-hybridized carbons (Fsp3) is 0.182. The highest BCUT2D eigenvalue weighted by Gasteiger charge is 2.13. The molecule has 0 spiro atoms. The lowest BCUT2D eigenvalue weighted by atomic mass is 10.0. The van der Waals surface area contributed by atoms with Gasteiger partial charge in [0, 0.05) is 11.5 Å². The molecule has 0 saturated heterocycles. The number of hydrogen-bond donors (Lipinski definition) is 0. The quantitative estimate of drug-likeness (QED) is 0.440. The number of fused-ring (bicyclic) bond motifs is 1. The van der Waals surface area contributed by atoms with E-state index in [1.54, 1.807) is 18.2 Å². The number of unbranched alkanes of at least 4 members (excludes halogenated alkanes) is 1. The third kappa shape index (κ3) is 4.12. The summed E-state index contributed by atoms with van der Waals surface area (Å²) in [6.45, 7) is 2.08. The number of aryl methyl sites for hydroxylation is 1. The molecule has 0 amide bonds. The third-order valence-corrected chi connectivity index (χ3v) is 4.29. The van der Waals surface area contributed by atoms with E-state index in [0.29, 0.717) is 10.8 Å². The van der Waals surface area contributed by atoms with Crippen molar-refractivity contribution in [2.75, 3.05) is 0 Å². The van der Waals surface area contributed by atoms with Gasteiger partial charge < -0.3 is 4.74 Å². The highest BCUT2D eigenvalue weighted by molar-refractivity contribution is 5.96. The van der Waals surface area contributed by atoms with E-state index in [1.807, 2.05) is 6.07 Å². The van der Waals surface area contributed by atoms with Crippen molar-refractivity contribution in [3.63, 3.8) is 0 Å². The van der Waals surface area contributed by atoms with Crippen LogP contribution in [-0.2, 0) is 6.42 Å². The molecule has 3 aromatic carbocycles. The number of ether oxygens (including phenoxy) is 1. The van der Waals surface area contributed by atoms with Gasteiger partial charge in [-0.3, -0.25) is 0 Å². The molecule has 0 atom stereocenters. The van der Waals surface area contributed by atoms with E-state index in [-0.39, 0.29) is 16.9 Å². The van der Waals surface area contributed by atoms with Gasteiger partial charge >= 0.3 is 5.97 Å². The summed E-state index contributed by atoms with van der Waals surface area (Å²) in [5.41, 5.74) is 0.944. The van der Waals surface area contributed by atoms with Gasteiger partial charge in [-0.15, -0.1) is 0 Å². The van der Waals surface area contributed by atoms with Crippen LogP contribution in [-0.4, -0.2) is 5.97 Å². The van der Waals surface area contributed by atoms with Gasteiger partial charge in [0.15, 0.2) is 0 Å². The van der Waals surface area contributed by atoms with E-state index in [1.165, 1.54) is 24.3 Å². The van der Waals surface area contributed by atoms with Crippen molar-refractivity contribution in [3.05, 3.63) is 76.9 Å². The normalized spacial score (nSPS) is 10.6. The minimum atomic E-state index is -0.771. The van der Waals surface area contributed by atoms with Gasteiger partial charge in [-0.25, -0.2) is 13.6 Å². The highest BCUT2D eigenvalue weighted by atomic mass is 19.1. The molecule has 0 aliphatic rings. The Morgan fingerprint density at radius 2 is 1.89 bits per heavy atom. The van der Waals surface area contributed by atoms with E-state index in [9.17, 15) is 13.6 Å². The van der Waals surface area contributed by atoms with E-state index in [2.05, 4.69) is 6.92 Å². The van der Waals surface area contributed by atoms with E-state index in [4.69, 9.17) is 10.00 Å². The zero-order chi connectivity index (χ0) is 19.4. The average molecular weight is 365 g/mol. The fourth-order valence-electron chi connectivity index (χ4n) is 2.84. The van der Waals surface area contributed by atoms with Gasteiger partial charge in [-0.2, -0.15) is 5.26 Å². The number of halogens is 2. The minimum absolute atomic E-state index is 0.0213. The highest BCUT2D eigenvalue weighted by Crippen LogP contribution is 2.24. The number of rotatable bonds is 5. The molecular formula is C22H17F2NO2. The molecule has 27 heavy (non-hydrogen) atoms. The summed E-state index contributed by atoms with van der Waals surface area (Å²) in [6.07, 6.45) is 2.81. The van der Waals surface area contributed by atoms with Gasteiger partial charge in [0.05, 0.1) is 11.1 Å². The predicted molar refractivity (Wildman–Crippen MR) is 98.6 cm³/mol. The monoisotopic (exact) mass is 365 g/mol. The van der Waals surface area contributed by atoms with Crippen LogP contribution in [0.3, 0.4) is 0 Å². The molecule has 0 aliphatic heterocycles. The van der Waals surface area contributed by atoms with E-state index < -0.39 is 17.6 Å². The van der Waals surface area contributed by atoms with Crippen LogP contribution in [0.4, 0.5) is 8.78 Å². The largest absolute Gasteiger partial charge is 0.423 e. The van der Waals surface area contributed by atoms with Crippen LogP contribution in [0.5, 0.6) is 5.75 Å². The third-order valence-electron chi connectivity index (χ3n) is 4.29. The zero-order valence-electron chi connectivity index (χ0n) is 14.8. The second kappa shape index (κ2) is 7.96. The maximum atomic E-state index is 14.4. The molecule has 0 bridgehead atoms.